The van der Waals surface area contributed by atoms with Crippen molar-refractivity contribution in [3.05, 3.63) is 65.2 Å². The Kier molecular flexibility index (Phi) is 6.83. The van der Waals surface area contributed by atoms with Crippen molar-refractivity contribution in [3.8, 4) is 5.75 Å². The third-order valence-electron chi connectivity index (χ3n) is 8.42. The minimum Gasteiger partial charge on any atom is -0.497 e. The Bertz CT molecular complexity index is 1070. The van der Waals surface area contributed by atoms with Crippen LogP contribution in [-0.2, 0) is 4.79 Å². The standard InChI is InChI=1S/C29H37N3O3/c1-30(19-21-9-8-18-32-17-7-6-12-25(21)32)29(34)26-23-10-4-5-11-24(23)28(33)31(2)27(26)20-13-15-22(35-3)16-14-20/h4-5,10-11,13-16,21,25-27H,6-9,12,17-19H2,1-3H3/t21-,25+,26?,27?/m0/s1. The van der Waals surface area contributed by atoms with Gasteiger partial charge in [0.15, 0.2) is 0 Å². The zero-order valence-corrected chi connectivity index (χ0v) is 21.2. The molecule has 4 atom stereocenters. The molecule has 6 nitrogen and oxygen atoms in total. The van der Waals surface area contributed by atoms with Gasteiger partial charge in [-0.3, -0.25) is 9.59 Å². The molecule has 2 unspecified atom stereocenters. The first kappa shape index (κ1) is 23.9. The Morgan fingerprint density at radius 1 is 1.03 bits per heavy atom. The lowest BCUT2D eigenvalue weighted by molar-refractivity contribution is -0.134. The lowest BCUT2D eigenvalue weighted by atomic mass is 9.78. The van der Waals surface area contributed by atoms with Gasteiger partial charge in [-0.05, 0) is 74.0 Å². The number of hydrogen-bond donors (Lipinski definition) is 0. The van der Waals surface area contributed by atoms with Crippen molar-refractivity contribution in [2.75, 3.05) is 40.8 Å². The second-order valence-corrected chi connectivity index (χ2v) is 10.4. The van der Waals surface area contributed by atoms with Gasteiger partial charge in [0.05, 0.1) is 19.1 Å². The fourth-order valence-corrected chi connectivity index (χ4v) is 6.63. The van der Waals surface area contributed by atoms with Crippen LogP contribution < -0.4 is 4.74 Å². The van der Waals surface area contributed by atoms with Crippen molar-refractivity contribution in [1.29, 1.82) is 0 Å². The van der Waals surface area contributed by atoms with Gasteiger partial charge in [-0.2, -0.15) is 0 Å². The number of amides is 2. The SMILES string of the molecule is COc1ccc(C2C(C(=O)N(C)C[C@@H]3CCCN4CCCC[C@H]34)c3ccccc3C(=O)N2C)cc1. The Hall–Kier alpha value is -2.86. The van der Waals surface area contributed by atoms with E-state index in [0.29, 0.717) is 17.5 Å². The quantitative estimate of drug-likeness (QED) is 0.646. The fourth-order valence-electron chi connectivity index (χ4n) is 6.63. The molecule has 0 N–H and O–H groups in total. The second kappa shape index (κ2) is 10.0. The third kappa shape index (κ3) is 4.44. The summed E-state index contributed by atoms with van der Waals surface area (Å²) < 4.78 is 5.34. The van der Waals surface area contributed by atoms with E-state index in [1.807, 2.05) is 67.5 Å². The largest absolute Gasteiger partial charge is 0.497 e. The maximum atomic E-state index is 14.2. The number of likely N-dealkylation sites (N-methyl/N-ethyl adjacent to an activating group) is 2. The van der Waals surface area contributed by atoms with Crippen LogP contribution in [0, 0.1) is 5.92 Å². The topological polar surface area (TPSA) is 53.1 Å². The maximum absolute atomic E-state index is 14.2. The Balaban J connectivity index is 1.46. The molecule has 5 rings (SSSR count). The minimum atomic E-state index is -0.446. The lowest BCUT2D eigenvalue weighted by Crippen LogP contribution is -2.52. The van der Waals surface area contributed by atoms with Crippen molar-refractivity contribution >= 4 is 11.8 Å². The van der Waals surface area contributed by atoms with E-state index in [0.717, 1.165) is 23.4 Å². The van der Waals surface area contributed by atoms with Crippen LogP contribution in [-0.4, -0.2) is 73.4 Å². The molecular formula is C29H37N3O3. The van der Waals surface area contributed by atoms with Gasteiger partial charge < -0.3 is 19.4 Å². The van der Waals surface area contributed by atoms with Gasteiger partial charge >= 0.3 is 0 Å². The molecule has 3 aliphatic heterocycles. The van der Waals surface area contributed by atoms with Crippen molar-refractivity contribution in [1.82, 2.24) is 14.7 Å². The Morgan fingerprint density at radius 2 is 1.77 bits per heavy atom. The van der Waals surface area contributed by atoms with Gasteiger partial charge in [0.25, 0.3) is 5.91 Å². The van der Waals surface area contributed by atoms with Crippen LogP contribution in [0.4, 0.5) is 0 Å². The number of hydrogen-bond acceptors (Lipinski definition) is 4. The first-order chi connectivity index (χ1) is 17.0. The first-order valence-electron chi connectivity index (χ1n) is 13.0. The van der Waals surface area contributed by atoms with Crippen LogP contribution in [0.1, 0.15) is 65.5 Å². The van der Waals surface area contributed by atoms with Gasteiger partial charge in [0, 0.05) is 32.2 Å². The van der Waals surface area contributed by atoms with Crippen LogP contribution in [0.15, 0.2) is 48.5 Å². The van der Waals surface area contributed by atoms with Crippen LogP contribution in [0.3, 0.4) is 0 Å². The second-order valence-electron chi connectivity index (χ2n) is 10.4. The summed E-state index contributed by atoms with van der Waals surface area (Å²) in [7, 11) is 5.41. The van der Waals surface area contributed by atoms with E-state index in [2.05, 4.69) is 4.90 Å². The highest BCUT2D eigenvalue weighted by molar-refractivity contribution is 6.01. The number of carbonyl (C=O) groups excluding carboxylic acids is 2. The predicted octanol–water partition coefficient (Wildman–Crippen LogP) is 4.33. The van der Waals surface area contributed by atoms with Crippen molar-refractivity contribution in [2.45, 2.75) is 50.1 Å². The van der Waals surface area contributed by atoms with Gasteiger partial charge in [0.1, 0.15) is 5.75 Å². The first-order valence-corrected chi connectivity index (χ1v) is 13.0. The molecule has 3 heterocycles. The number of carbonyl (C=O) groups is 2. The van der Waals surface area contributed by atoms with E-state index >= 15 is 0 Å². The average Bonchev–Trinajstić information content (AvgIpc) is 2.90. The van der Waals surface area contributed by atoms with Crippen molar-refractivity contribution in [2.24, 2.45) is 5.92 Å². The predicted molar refractivity (Wildman–Crippen MR) is 137 cm³/mol. The van der Waals surface area contributed by atoms with E-state index in [1.165, 1.54) is 45.2 Å². The van der Waals surface area contributed by atoms with Crippen LogP contribution in [0.25, 0.3) is 0 Å². The van der Waals surface area contributed by atoms with Crippen molar-refractivity contribution in [3.63, 3.8) is 0 Å². The summed E-state index contributed by atoms with van der Waals surface area (Å²) in [6.45, 7) is 3.16. The van der Waals surface area contributed by atoms with Crippen LogP contribution in [0.2, 0.25) is 0 Å². The van der Waals surface area contributed by atoms with Crippen molar-refractivity contribution < 1.29 is 14.3 Å². The molecule has 0 spiro atoms. The number of benzene rings is 2. The van der Waals surface area contributed by atoms with Crippen LogP contribution >= 0.6 is 0 Å². The van der Waals surface area contributed by atoms with Gasteiger partial charge in [0.2, 0.25) is 5.91 Å². The summed E-state index contributed by atoms with van der Waals surface area (Å²) in [4.78, 5) is 33.8. The highest BCUT2D eigenvalue weighted by Gasteiger charge is 2.44. The smallest absolute Gasteiger partial charge is 0.254 e. The minimum absolute atomic E-state index is 0.0433. The number of methoxy groups -OCH3 is 1. The molecule has 2 amide bonds. The Morgan fingerprint density at radius 3 is 2.54 bits per heavy atom. The molecule has 0 aromatic heterocycles. The summed E-state index contributed by atoms with van der Waals surface area (Å²) in [5.74, 6) is 0.867. The summed E-state index contributed by atoms with van der Waals surface area (Å²) in [5, 5.41) is 0. The number of rotatable bonds is 5. The highest BCUT2D eigenvalue weighted by Crippen LogP contribution is 2.43. The van der Waals surface area contributed by atoms with E-state index in [1.54, 1.807) is 12.0 Å². The molecule has 3 aliphatic rings. The molecule has 2 fully saturated rings. The monoisotopic (exact) mass is 475 g/mol. The fraction of sp³-hybridized carbons (Fsp3) is 0.517. The third-order valence-corrected chi connectivity index (χ3v) is 8.42. The van der Waals surface area contributed by atoms with E-state index < -0.39 is 5.92 Å². The van der Waals surface area contributed by atoms with E-state index in [4.69, 9.17) is 4.74 Å². The zero-order valence-electron chi connectivity index (χ0n) is 21.2. The molecule has 186 valence electrons. The summed E-state index contributed by atoms with van der Waals surface area (Å²) in [6, 6.07) is 15.6. The number of nitrogens with zero attached hydrogens (tertiary/aromatic N) is 3. The molecule has 35 heavy (non-hydrogen) atoms. The van der Waals surface area contributed by atoms with E-state index in [9.17, 15) is 9.59 Å². The molecule has 6 heteroatoms. The summed E-state index contributed by atoms with van der Waals surface area (Å²) in [6.07, 6.45) is 6.21. The van der Waals surface area contributed by atoms with Gasteiger partial charge in [-0.15, -0.1) is 0 Å². The van der Waals surface area contributed by atoms with Gasteiger partial charge in [-0.25, -0.2) is 0 Å². The molecule has 2 saturated heterocycles. The molecular weight excluding hydrogens is 438 g/mol. The number of ether oxygens (including phenoxy) is 1. The number of piperidine rings is 2. The molecule has 0 aliphatic carbocycles. The normalized spacial score (nSPS) is 26.6. The molecule has 2 aromatic carbocycles. The molecule has 0 saturated carbocycles. The summed E-state index contributed by atoms with van der Waals surface area (Å²) >= 11 is 0. The van der Waals surface area contributed by atoms with Gasteiger partial charge in [-0.1, -0.05) is 36.8 Å². The number of fused-ring (bicyclic) bond motifs is 2. The molecule has 2 aromatic rings. The average molecular weight is 476 g/mol. The van der Waals surface area contributed by atoms with Crippen LogP contribution in [0.5, 0.6) is 5.75 Å². The summed E-state index contributed by atoms with van der Waals surface area (Å²) in [5.41, 5.74) is 2.40. The lowest BCUT2D eigenvalue weighted by Gasteiger charge is -2.46. The maximum Gasteiger partial charge on any atom is 0.254 e. The zero-order chi connectivity index (χ0) is 24.5. The highest BCUT2D eigenvalue weighted by atomic mass is 16.5. The van der Waals surface area contributed by atoms with E-state index in [-0.39, 0.29) is 17.9 Å². The molecule has 0 radical (unpaired) electrons. The Labute approximate surface area is 208 Å². The molecule has 0 bridgehead atoms.